The molecule has 2 atom stereocenters. The molecule has 0 radical (unpaired) electrons. The molecule has 2 aliphatic heterocycles. The molecule has 0 saturated carbocycles. The molecule has 236 valence electrons. The molecule has 14 heteroatoms. The fourth-order valence-electron chi connectivity index (χ4n) is 6.01. The van der Waals surface area contributed by atoms with Crippen LogP contribution in [-0.2, 0) is 11.3 Å². The van der Waals surface area contributed by atoms with Crippen molar-refractivity contribution in [2.75, 3.05) is 26.2 Å². The first kappa shape index (κ1) is 30.7. The normalized spacial score (nSPS) is 20.0. The van der Waals surface area contributed by atoms with Crippen LogP contribution in [0.2, 0.25) is 5.15 Å². The fraction of sp³-hybridized carbons (Fsp3) is 0.355. The largest absolute Gasteiger partial charge is 0.465 e. The summed E-state index contributed by atoms with van der Waals surface area (Å²) in [4.78, 5) is 45.3. The Morgan fingerprint density at radius 2 is 1.82 bits per heavy atom. The number of aromatic nitrogens is 3. The maximum Gasteiger partial charge on any atom is 0.407 e. The molecular weight excluding hydrogens is 612 g/mol. The molecule has 4 heterocycles. The summed E-state index contributed by atoms with van der Waals surface area (Å²) in [7, 11) is 0. The second kappa shape index (κ2) is 11.9. The van der Waals surface area contributed by atoms with Crippen molar-refractivity contribution in [1.82, 2.24) is 23.9 Å². The molecule has 2 aliphatic rings. The predicted octanol–water partition coefficient (Wildman–Crippen LogP) is 4.23. The van der Waals surface area contributed by atoms with E-state index in [9.17, 15) is 33.4 Å². The predicted molar refractivity (Wildman–Crippen MR) is 160 cm³/mol. The number of nitrogens with zero attached hydrogens (tertiary/aromatic N) is 5. The third-order valence-corrected chi connectivity index (χ3v) is 8.78. The van der Waals surface area contributed by atoms with E-state index < -0.39 is 40.8 Å². The zero-order chi connectivity index (χ0) is 32.0. The number of fused-ring (bicyclic) bond motifs is 1. The van der Waals surface area contributed by atoms with Crippen LogP contribution in [0.15, 0.2) is 59.7 Å². The molecule has 6 rings (SSSR count). The second-order valence-electron chi connectivity index (χ2n) is 11.5. The van der Waals surface area contributed by atoms with Gasteiger partial charge in [0.15, 0.2) is 5.65 Å². The first-order valence-electron chi connectivity index (χ1n) is 14.4. The molecule has 2 fully saturated rings. The maximum atomic E-state index is 14.1. The summed E-state index contributed by atoms with van der Waals surface area (Å²) in [5, 5.41) is 21.4. The van der Waals surface area contributed by atoms with E-state index in [0.29, 0.717) is 17.4 Å². The molecule has 0 aliphatic carbocycles. The van der Waals surface area contributed by atoms with Crippen LogP contribution in [0.3, 0.4) is 0 Å². The first-order valence-corrected chi connectivity index (χ1v) is 14.8. The number of rotatable bonds is 5. The van der Waals surface area contributed by atoms with Crippen LogP contribution >= 0.6 is 11.6 Å². The number of ether oxygens (including phenoxy) is 1. The highest BCUT2D eigenvalue weighted by Crippen LogP contribution is 2.30. The average molecular weight is 642 g/mol. The number of halogens is 3. The molecule has 2 N–H and O–H groups in total. The van der Waals surface area contributed by atoms with Gasteiger partial charge in [0, 0.05) is 24.8 Å². The molecule has 0 bridgehead atoms. The Kier molecular flexibility index (Phi) is 8.10. The molecule has 0 spiro atoms. The summed E-state index contributed by atoms with van der Waals surface area (Å²) in [6.07, 6.45) is 0.367. The highest BCUT2D eigenvalue weighted by Gasteiger charge is 2.36. The second-order valence-corrected chi connectivity index (χ2v) is 11.9. The Labute approximate surface area is 260 Å². The van der Waals surface area contributed by atoms with Crippen molar-refractivity contribution in [3.8, 4) is 5.69 Å². The number of hydrogen-bond acceptors (Lipinski definition) is 6. The van der Waals surface area contributed by atoms with Gasteiger partial charge in [0.2, 0.25) is 0 Å². The summed E-state index contributed by atoms with van der Waals surface area (Å²) in [5.74, 6) is -2.33. The van der Waals surface area contributed by atoms with E-state index in [-0.39, 0.29) is 67.8 Å². The monoisotopic (exact) mass is 641 g/mol. The molecule has 0 unspecified atom stereocenters. The average Bonchev–Trinajstić information content (AvgIpc) is 3.35. The van der Waals surface area contributed by atoms with Gasteiger partial charge in [0.25, 0.3) is 11.5 Å². The van der Waals surface area contributed by atoms with Gasteiger partial charge in [0.1, 0.15) is 23.1 Å². The number of amides is 2. The van der Waals surface area contributed by atoms with Gasteiger partial charge in [-0.2, -0.15) is 0 Å². The van der Waals surface area contributed by atoms with Crippen molar-refractivity contribution in [2.24, 2.45) is 0 Å². The minimum Gasteiger partial charge on any atom is -0.465 e. The molecule has 2 amide bonds. The van der Waals surface area contributed by atoms with Gasteiger partial charge in [0.05, 0.1) is 48.4 Å². The number of likely N-dealkylation sites (tertiary alicyclic amines) is 1. The lowest BCUT2D eigenvalue weighted by Crippen LogP contribution is -2.49. The fourth-order valence-corrected chi connectivity index (χ4v) is 6.30. The molecule has 45 heavy (non-hydrogen) atoms. The smallest absolute Gasteiger partial charge is 0.407 e. The number of carbonyl (C=O) groups is 2. The lowest BCUT2D eigenvalue weighted by atomic mass is 9.91. The van der Waals surface area contributed by atoms with Crippen molar-refractivity contribution in [3.05, 3.63) is 93.1 Å². The zero-order valence-electron chi connectivity index (χ0n) is 24.2. The minimum atomic E-state index is -1.33. The van der Waals surface area contributed by atoms with Gasteiger partial charge in [-0.25, -0.2) is 18.6 Å². The quantitative estimate of drug-likeness (QED) is 0.334. The third kappa shape index (κ3) is 5.90. The van der Waals surface area contributed by atoms with E-state index in [4.69, 9.17) is 16.3 Å². The lowest BCUT2D eigenvalue weighted by molar-refractivity contribution is -0.0465. The number of aliphatic hydroxyl groups is 1. The van der Waals surface area contributed by atoms with E-state index in [2.05, 4.69) is 4.98 Å². The summed E-state index contributed by atoms with van der Waals surface area (Å²) in [6.45, 7) is 2.46. The van der Waals surface area contributed by atoms with Crippen LogP contribution in [0.4, 0.5) is 13.6 Å². The molecule has 2 saturated heterocycles. The first-order chi connectivity index (χ1) is 21.4. The van der Waals surface area contributed by atoms with Crippen LogP contribution in [0.25, 0.3) is 16.7 Å². The highest BCUT2D eigenvalue weighted by molar-refractivity contribution is 6.31. The number of benzene rings is 2. The number of hydrogen-bond donors (Lipinski definition) is 2. The van der Waals surface area contributed by atoms with Crippen molar-refractivity contribution in [3.63, 3.8) is 0 Å². The van der Waals surface area contributed by atoms with Gasteiger partial charge in [-0.05, 0) is 55.7 Å². The van der Waals surface area contributed by atoms with Crippen LogP contribution in [0.1, 0.15) is 41.7 Å². The number of piperidine rings is 1. The number of carboxylic acid groups (broad SMARTS) is 1. The van der Waals surface area contributed by atoms with Crippen molar-refractivity contribution in [2.45, 2.75) is 44.1 Å². The third-order valence-electron chi connectivity index (χ3n) is 8.50. The Bertz CT molecular complexity index is 1840. The van der Waals surface area contributed by atoms with Gasteiger partial charge < -0.3 is 19.8 Å². The summed E-state index contributed by atoms with van der Waals surface area (Å²) < 4.78 is 36.0. The minimum absolute atomic E-state index is 0.0820. The Balaban J connectivity index is 1.19. The Hall–Kier alpha value is -4.33. The number of carbonyl (C=O) groups excluding carboxylic acids is 1. The Morgan fingerprint density at radius 3 is 2.49 bits per heavy atom. The highest BCUT2D eigenvalue weighted by atomic mass is 35.5. The van der Waals surface area contributed by atoms with Crippen LogP contribution < -0.4 is 5.56 Å². The summed E-state index contributed by atoms with van der Waals surface area (Å²) >= 11 is 6.57. The van der Waals surface area contributed by atoms with Gasteiger partial charge >= 0.3 is 6.09 Å². The molecule has 2 aromatic heterocycles. The van der Waals surface area contributed by atoms with Gasteiger partial charge in [-0.3, -0.25) is 23.6 Å². The van der Waals surface area contributed by atoms with E-state index >= 15 is 0 Å². The van der Waals surface area contributed by atoms with Crippen LogP contribution in [-0.4, -0.2) is 84.1 Å². The molecule has 2 aromatic carbocycles. The van der Waals surface area contributed by atoms with Crippen LogP contribution in [0.5, 0.6) is 0 Å². The van der Waals surface area contributed by atoms with E-state index in [0.717, 1.165) is 17.7 Å². The molecular formula is C31H30ClF2N5O6. The number of morpholine rings is 1. The Morgan fingerprint density at radius 1 is 1.11 bits per heavy atom. The lowest BCUT2D eigenvalue weighted by Gasteiger charge is -2.38. The molecule has 11 nitrogen and oxygen atoms in total. The maximum absolute atomic E-state index is 14.1. The van der Waals surface area contributed by atoms with Gasteiger partial charge in [-0.15, -0.1) is 0 Å². The van der Waals surface area contributed by atoms with Crippen LogP contribution in [0, 0.1) is 11.6 Å². The van der Waals surface area contributed by atoms with E-state index in [1.165, 1.54) is 26.8 Å². The molecule has 4 aromatic rings. The van der Waals surface area contributed by atoms with Crippen molar-refractivity contribution >= 4 is 34.6 Å². The van der Waals surface area contributed by atoms with E-state index in [1.807, 2.05) is 6.92 Å². The summed E-state index contributed by atoms with van der Waals surface area (Å²) in [6, 6.07) is 10.9. The zero-order valence-corrected chi connectivity index (χ0v) is 25.0. The topological polar surface area (TPSA) is 130 Å². The van der Waals surface area contributed by atoms with Gasteiger partial charge in [-0.1, -0.05) is 23.7 Å². The van der Waals surface area contributed by atoms with E-state index in [1.54, 1.807) is 28.8 Å². The summed E-state index contributed by atoms with van der Waals surface area (Å²) in [5.41, 5.74) is -0.316. The van der Waals surface area contributed by atoms with Crippen molar-refractivity contribution in [1.29, 1.82) is 0 Å². The van der Waals surface area contributed by atoms with Crippen molar-refractivity contribution < 1.29 is 33.3 Å². The standard InChI is InChI=1S/C31H30ClF2N5O6/c1-18-14-38(30(42)43)25(15-45-18)19-2-5-21(6-3-19)39-26(32)13-23-27(39)35-17-37(29(23)41)16-31(44)8-10-36(11-9-31)28(40)22-7-4-20(33)12-24(22)34/h2-7,12-13,17-18,25,44H,8-11,14-16H2,1H3,(H,42,43)/t18-,25-/m0/s1. The SMILES string of the molecule is C[C@H]1CN(C(=O)O)[C@H](c2ccc(-n3c(Cl)cc4c(=O)n(CC5(O)CCN(C(=O)c6ccc(F)cc6F)CC5)cnc43)cc2)CO1.